The Bertz CT molecular complexity index is 1690. The summed E-state index contributed by atoms with van der Waals surface area (Å²) in [5.41, 5.74) is 1.10. The molecule has 1 N–H and O–H groups in total. The molecule has 0 atom stereocenters. The van der Waals surface area contributed by atoms with Crippen LogP contribution in [0.4, 0.5) is 0 Å². The molecule has 0 spiro atoms. The van der Waals surface area contributed by atoms with Crippen molar-refractivity contribution in [3.8, 4) is 17.3 Å². The first-order valence-corrected chi connectivity index (χ1v) is 11.5. The summed E-state index contributed by atoms with van der Waals surface area (Å²) in [7, 11) is 0. The molecule has 0 radical (unpaired) electrons. The largest absolute Gasteiger partial charge is 0.481 e. The predicted octanol–water partition coefficient (Wildman–Crippen LogP) is 5.57. The average Bonchev–Trinajstić information content (AvgIpc) is 3.25. The number of carbonyl (C=O) groups is 1. The van der Waals surface area contributed by atoms with E-state index < -0.39 is 18.1 Å². The Morgan fingerprint density at radius 3 is 2.83 bits per heavy atom. The molecule has 2 heterocycles. The molecule has 10 heteroatoms. The molecule has 0 saturated heterocycles. The van der Waals surface area contributed by atoms with Crippen LogP contribution < -0.4 is 10.3 Å². The lowest BCUT2D eigenvalue weighted by Gasteiger charge is -2.09. The van der Waals surface area contributed by atoms with Crippen LogP contribution in [0.25, 0.3) is 33.5 Å². The molecule has 5 aromatic rings. The van der Waals surface area contributed by atoms with Crippen LogP contribution in [0.5, 0.6) is 5.75 Å². The summed E-state index contributed by atoms with van der Waals surface area (Å²) in [4.78, 5) is 29.0. The highest BCUT2D eigenvalue weighted by molar-refractivity contribution is 9.10. The van der Waals surface area contributed by atoms with Crippen molar-refractivity contribution < 1.29 is 19.1 Å². The van der Waals surface area contributed by atoms with Gasteiger partial charge in [-0.15, -0.1) is 0 Å². The van der Waals surface area contributed by atoms with Gasteiger partial charge in [0, 0.05) is 20.4 Å². The fourth-order valence-electron chi connectivity index (χ4n) is 3.53. The lowest BCUT2D eigenvalue weighted by atomic mass is 10.2. The average molecular weight is 553 g/mol. The van der Waals surface area contributed by atoms with Crippen molar-refractivity contribution in [1.29, 1.82) is 0 Å². The Morgan fingerprint density at radius 2 is 2.00 bits per heavy atom. The molecule has 0 fully saturated rings. The van der Waals surface area contributed by atoms with Gasteiger partial charge in [0.15, 0.2) is 12.4 Å². The summed E-state index contributed by atoms with van der Waals surface area (Å²) in [5.74, 6) is -0.326. The molecule has 0 unspecified atom stereocenters. The van der Waals surface area contributed by atoms with Crippen LogP contribution in [0.15, 0.2) is 85.5 Å². The highest BCUT2D eigenvalue weighted by Crippen LogP contribution is 2.29. The number of hydrogen-bond donors (Lipinski definition) is 1. The zero-order valence-corrected chi connectivity index (χ0v) is 20.2. The minimum atomic E-state index is -1.13. The number of benzene rings is 3. The summed E-state index contributed by atoms with van der Waals surface area (Å²) in [6.07, 6.45) is 1.36. The lowest BCUT2D eigenvalue weighted by molar-refractivity contribution is -0.139. The number of fused-ring (bicyclic) bond motifs is 2. The van der Waals surface area contributed by atoms with E-state index in [1.54, 1.807) is 42.5 Å². The molecule has 174 valence electrons. The highest BCUT2D eigenvalue weighted by Gasteiger charge is 2.17. The first-order chi connectivity index (χ1) is 16.9. The van der Waals surface area contributed by atoms with Crippen LogP contribution in [0.3, 0.4) is 0 Å². The summed E-state index contributed by atoms with van der Waals surface area (Å²) in [6, 6.07) is 18.9. The van der Waals surface area contributed by atoms with E-state index >= 15 is 0 Å². The van der Waals surface area contributed by atoms with Crippen molar-refractivity contribution in [2.75, 3.05) is 6.61 Å². The summed E-state index contributed by atoms with van der Waals surface area (Å²) < 4.78 is 13.3. The van der Waals surface area contributed by atoms with Crippen LogP contribution in [-0.2, 0) is 4.79 Å². The second-order valence-electron chi connectivity index (χ2n) is 7.47. The Balaban J connectivity index is 1.68. The molecular weight excluding hydrogens is 538 g/mol. The maximum atomic E-state index is 13.4. The van der Waals surface area contributed by atoms with E-state index in [1.807, 2.05) is 18.2 Å². The molecule has 0 saturated carbocycles. The van der Waals surface area contributed by atoms with Crippen LogP contribution in [0.2, 0.25) is 5.02 Å². The van der Waals surface area contributed by atoms with E-state index in [1.165, 1.54) is 12.3 Å². The van der Waals surface area contributed by atoms with Gasteiger partial charge in [0.1, 0.15) is 11.3 Å². The van der Waals surface area contributed by atoms with Gasteiger partial charge in [-0.3, -0.25) is 4.79 Å². The van der Waals surface area contributed by atoms with E-state index in [0.717, 1.165) is 14.5 Å². The number of halogens is 2. The van der Waals surface area contributed by atoms with Gasteiger partial charge < -0.3 is 14.3 Å². The normalized spacial score (nSPS) is 11.5. The van der Waals surface area contributed by atoms with Crippen molar-refractivity contribution in [2.45, 2.75) is 0 Å². The van der Waals surface area contributed by atoms with Crippen LogP contribution >= 0.6 is 27.5 Å². The van der Waals surface area contributed by atoms with Crippen molar-refractivity contribution in [3.63, 3.8) is 0 Å². The van der Waals surface area contributed by atoms with Gasteiger partial charge in [-0.2, -0.15) is 9.78 Å². The third kappa shape index (κ3) is 4.68. The minimum absolute atomic E-state index is 0.201. The zero-order chi connectivity index (χ0) is 24.5. The Labute approximate surface area is 211 Å². The van der Waals surface area contributed by atoms with Gasteiger partial charge in [0.25, 0.3) is 5.56 Å². The minimum Gasteiger partial charge on any atom is -0.481 e. The van der Waals surface area contributed by atoms with Crippen LogP contribution in [0.1, 0.15) is 5.56 Å². The number of aromatic nitrogens is 2. The number of aliphatic carboxylic acids is 1. The second-order valence-corrected chi connectivity index (χ2v) is 8.82. The first-order valence-electron chi connectivity index (χ1n) is 10.3. The van der Waals surface area contributed by atoms with Crippen molar-refractivity contribution in [1.82, 2.24) is 9.66 Å². The summed E-state index contributed by atoms with van der Waals surface area (Å²) in [5, 5.41) is 14.9. The van der Waals surface area contributed by atoms with Crippen molar-refractivity contribution in [2.24, 2.45) is 5.10 Å². The first kappa shape index (κ1) is 22.8. The van der Waals surface area contributed by atoms with E-state index in [4.69, 9.17) is 25.9 Å². The molecule has 0 aliphatic heterocycles. The third-order valence-electron chi connectivity index (χ3n) is 5.09. The van der Waals surface area contributed by atoms with E-state index in [9.17, 15) is 9.59 Å². The molecule has 0 aliphatic rings. The number of hydrogen-bond acceptors (Lipinski definition) is 6. The van der Waals surface area contributed by atoms with Gasteiger partial charge in [0.05, 0.1) is 17.1 Å². The molecule has 0 aliphatic carbocycles. The number of rotatable bonds is 6. The highest BCUT2D eigenvalue weighted by atomic mass is 79.9. The standard InChI is InChI=1S/C25H15BrClN3O5/c26-16-5-7-21-14(9-16)11-22(35-21)24-29-19-4-2-1-3-18(19)25(33)30(24)28-12-15-10-17(27)6-8-20(15)34-13-23(31)32/h1-12H,13H2,(H,31,32). The maximum Gasteiger partial charge on any atom is 0.341 e. The number of ether oxygens (including phenoxy) is 1. The molecule has 8 nitrogen and oxygen atoms in total. The lowest BCUT2D eigenvalue weighted by Crippen LogP contribution is -2.20. The number of nitrogens with zero attached hydrogens (tertiary/aromatic N) is 3. The molecule has 35 heavy (non-hydrogen) atoms. The molecular formula is C25H15BrClN3O5. The quantitative estimate of drug-likeness (QED) is 0.276. The number of carboxylic acids is 1. The van der Waals surface area contributed by atoms with E-state index in [-0.39, 0.29) is 11.6 Å². The van der Waals surface area contributed by atoms with Crippen LogP contribution in [-0.4, -0.2) is 33.6 Å². The smallest absolute Gasteiger partial charge is 0.341 e. The van der Waals surface area contributed by atoms with Gasteiger partial charge in [0.2, 0.25) is 5.82 Å². The van der Waals surface area contributed by atoms with Crippen molar-refractivity contribution in [3.05, 3.63) is 92.1 Å². The topological polar surface area (TPSA) is 107 Å². The van der Waals surface area contributed by atoms with E-state index in [2.05, 4.69) is 26.0 Å². The van der Waals surface area contributed by atoms with E-state index in [0.29, 0.717) is 32.8 Å². The molecule has 0 bridgehead atoms. The summed E-state index contributed by atoms with van der Waals surface area (Å²) in [6.45, 7) is -0.542. The molecule has 3 aromatic carbocycles. The van der Waals surface area contributed by atoms with Crippen molar-refractivity contribution >= 4 is 61.6 Å². The zero-order valence-electron chi connectivity index (χ0n) is 17.8. The fourth-order valence-corrected chi connectivity index (χ4v) is 4.09. The molecule has 5 rings (SSSR count). The maximum absolute atomic E-state index is 13.4. The third-order valence-corrected chi connectivity index (χ3v) is 5.82. The monoisotopic (exact) mass is 551 g/mol. The van der Waals surface area contributed by atoms with Gasteiger partial charge in [-0.25, -0.2) is 9.78 Å². The molecule has 2 aromatic heterocycles. The van der Waals surface area contributed by atoms with Gasteiger partial charge >= 0.3 is 5.97 Å². The Hall–Kier alpha value is -3.95. The van der Waals surface area contributed by atoms with Gasteiger partial charge in [-0.1, -0.05) is 39.7 Å². The van der Waals surface area contributed by atoms with Gasteiger partial charge in [-0.05, 0) is 54.6 Å². The Kier molecular flexibility index (Phi) is 6.10. The number of furan rings is 1. The number of para-hydroxylation sites is 1. The predicted molar refractivity (Wildman–Crippen MR) is 136 cm³/mol. The fraction of sp³-hybridized carbons (Fsp3) is 0.0400. The Morgan fingerprint density at radius 1 is 1.17 bits per heavy atom. The second kappa shape index (κ2) is 9.36. The molecule has 0 amide bonds. The van der Waals surface area contributed by atoms with Crippen LogP contribution in [0, 0.1) is 0 Å². The summed E-state index contributed by atoms with van der Waals surface area (Å²) >= 11 is 9.57. The SMILES string of the molecule is O=C(O)COc1ccc(Cl)cc1C=Nn1c(-c2cc3cc(Br)ccc3o2)nc2ccccc2c1=O. The number of carboxylic acid groups (broad SMARTS) is 1.